The summed E-state index contributed by atoms with van der Waals surface area (Å²) in [7, 11) is 1.89. The van der Waals surface area contributed by atoms with Crippen LogP contribution in [0.25, 0.3) is 0 Å². The average Bonchev–Trinajstić information content (AvgIpc) is 3.23. The van der Waals surface area contributed by atoms with Crippen molar-refractivity contribution < 1.29 is 4.74 Å². The van der Waals surface area contributed by atoms with Crippen LogP contribution in [-0.4, -0.2) is 86.4 Å². The first-order chi connectivity index (χ1) is 13.8. The predicted molar refractivity (Wildman–Crippen MR) is 130 cm³/mol. The summed E-state index contributed by atoms with van der Waals surface area (Å²) in [5, 5.41) is 7.24. The number of nitrogens with one attached hydrogen (secondary N) is 2. The van der Waals surface area contributed by atoms with Crippen molar-refractivity contribution in [1.82, 2.24) is 20.4 Å². The minimum atomic E-state index is 0. The fourth-order valence-electron chi connectivity index (χ4n) is 5.87. The van der Waals surface area contributed by atoms with Gasteiger partial charge in [-0.05, 0) is 58.2 Å². The van der Waals surface area contributed by atoms with Gasteiger partial charge in [0.25, 0.3) is 0 Å². The Balaban J connectivity index is 0.00000240. The highest BCUT2D eigenvalue weighted by Crippen LogP contribution is 2.35. The van der Waals surface area contributed by atoms with Gasteiger partial charge in [0.05, 0.1) is 12.7 Å². The summed E-state index contributed by atoms with van der Waals surface area (Å²) >= 11 is 0. The van der Waals surface area contributed by atoms with Gasteiger partial charge in [0.2, 0.25) is 0 Å². The van der Waals surface area contributed by atoms with E-state index in [-0.39, 0.29) is 30.1 Å². The zero-order valence-electron chi connectivity index (χ0n) is 18.3. The molecule has 0 aromatic heterocycles. The summed E-state index contributed by atoms with van der Waals surface area (Å²) in [4.78, 5) is 9.92. The number of hydrogen-bond donors (Lipinski definition) is 2. The molecule has 0 bridgehead atoms. The van der Waals surface area contributed by atoms with E-state index in [0.29, 0.717) is 11.6 Å². The van der Waals surface area contributed by atoms with Crippen molar-refractivity contribution in [3.8, 4) is 0 Å². The molecule has 29 heavy (non-hydrogen) atoms. The molecule has 3 heterocycles. The molecule has 168 valence electrons. The van der Waals surface area contributed by atoms with E-state index in [1.807, 2.05) is 7.05 Å². The Morgan fingerprint density at radius 2 is 1.76 bits per heavy atom. The second-order valence-electron chi connectivity index (χ2n) is 9.39. The number of morpholine rings is 1. The van der Waals surface area contributed by atoms with Crippen LogP contribution in [-0.2, 0) is 4.74 Å². The number of piperidine rings is 1. The van der Waals surface area contributed by atoms with E-state index in [0.717, 1.165) is 32.2 Å². The van der Waals surface area contributed by atoms with Crippen LogP contribution in [0.2, 0.25) is 0 Å². The third kappa shape index (κ3) is 5.98. The van der Waals surface area contributed by atoms with Crippen LogP contribution in [0.1, 0.15) is 64.2 Å². The third-order valence-corrected chi connectivity index (χ3v) is 7.58. The predicted octanol–water partition coefficient (Wildman–Crippen LogP) is 2.82. The molecule has 0 spiro atoms. The van der Waals surface area contributed by atoms with E-state index in [9.17, 15) is 0 Å². The van der Waals surface area contributed by atoms with Crippen LogP contribution in [0.3, 0.4) is 0 Å². The van der Waals surface area contributed by atoms with Gasteiger partial charge in [-0.15, -0.1) is 24.0 Å². The second kappa shape index (κ2) is 11.5. The standard InChI is InChI=1S/C22H41N5O.HI/c1-23-21(24-15-20-16-26-12-8-9-19(26)17-28-20)25-18-22(10-4-2-5-11-22)27-13-6-3-7-14-27;/h19-20H,2-18H2,1H3,(H2,23,24,25);1H. The number of guanidine groups is 1. The fourth-order valence-corrected chi connectivity index (χ4v) is 5.87. The van der Waals surface area contributed by atoms with Crippen molar-refractivity contribution in [2.75, 3.05) is 52.9 Å². The van der Waals surface area contributed by atoms with Gasteiger partial charge in [0, 0.05) is 38.3 Å². The van der Waals surface area contributed by atoms with Gasteiger partial charge >= 0.3 is 0 Å². The molecule has 1 aliphatic carbocycles. The first-order valence-electron chi connectivity index (χ1n) is 11.8. The van der Waals surface area contributed by atoms with Gasteiger partial charge in [0.1, 0.15) is 0 Å². The molecule has 0 radical (unpaired) electrons. The minimum Gasteiger partial charge on any atom is -0.373 e. The SMILES string of the molecule is CN=C(NCC1CN2CCCC2CO1)NCC1(N2CCCCC2)CCCCC1.I. The number of aliphatic imine (C=N–C) groups is 1. The highest BCUT2D eigenvalue weighted by Gasteiger charge is 2.38. The van der Waals surface area contributed by atoms with Gasteiger partial charge in [-0.25, -0.2) is 0 Å². The van der Waals surface area contributed by atoms with Gasteiger partial charge in [-0.3, -0.25) is 14.8 Å². The third-order valence-electron chi connectivity index (χ3n) is 7.58. The fraction of sp³-hybridized carbons (Fsp3) is 0.955. The van der Waals surface area contributed by atoms with Crippen molar-refractivity contribution in [1.29, 1.82) is 0 Å². The zero-order valence-corrected chi connectivity index (χ0v) is 20.7. The first-order valence-corrected chi connectivity index (χ1v) is 11.8. The Labute approximate surface area is 194 Å². The molecule has 0 amide bonds. The van der Waals surface area contributed by atoms with E-state index >= 15 is 0 Å². The number of rotatable bonds is 5. The smallest absolute Gasteiger partial charge is 0.191 e. The van der Waals surface area contributed by atoms with E-state index < -0.39 is 0 Å². The van der Waals surface area contributed by atoms with Crippen molar-refractivity contribution in [3.05, 3.63) is 0 Å². The lowest BCUT2D eigenvalue weighted by atomic mass is 9.79. The van der Waals surface area contributed by atoms with Crippen molar-refractivity contribution in [2.24, 2.45) is 4.99 Å². The molecule has 0 aromatic carbocycles. The number of ether oxygens (including phenoxy) is 1. The Morgan fingerprint density at radius 1 is 1.00 bits per heavy atom. The van der Waals surface area contributed by atoms with Crippen LogP contribution in [0.5, 0.6) is 0 Å². The van der Waals surface area contributed by atoms with Crippen molar-refractivity contribution >= 4 is 29.9 Å². The normalized spacial score (nSPS) is 31.0. The van der Waals surface area contributed by atoms with Crippen LogP contribution >= 0.6 is 24.0 Å². The molecule has 7 heteroatoms. The molecular weight excluding hydrogens is 477 g/mol. The lowest BCUT2D eigenvalue weighted by molar-refractivity contribution is -0.0453. The van der Waals surface area contributed by atoms with Gasteiger partial charge < -0.3 is 15.4 Å². The maximum Gasteiger partial charge on any atom is 0.191 e. The summed E-state index contributed by atoms with van der Waals surface area (Å²) in [6, 6.07) is 0.671. The minimum absolute atomic E-state index is 0. The topological polar surface area (TPSA) is 52.1 Å². The van der Waals surface area contributed by atoms with E-state index in [2.05, 4.69) is 25.4 Å². The maximum atomic E-state index is 6.10. The number of halogens is 1. The van der Waals surface area contributed by atoms with Gasteiger partial charge in [-0.2, -0.15) is 0 Å². The molecule has 3 aliphatic heterocycles. The van der Waals surface area contributed by atoms with E-state index in [4.69, 9.17) is 4.74 Å². The monoisotopic (exact) mass is 519 g/mol. The molecule has 0 aromatic rings. The molecule has 4 aliphatic rings. The molecule has 2 unspecified atom stereocenters. The largest absolute Gasteiger partial charge is 0.373 e. The number of likely N-dealkylation sites (tertiary alicyclic amines) is 1. The van der Waals surface area contributed by atoms with Gasteiger partial charge in [0.15, 0.2) is 5.96 Å². The Kier molecular flexibility index (Phi) is 9.32. The average molecular weight is 520 g/mol. The highest BCUT2D eigenvalue weighted by molar-refractivity contribution is 14.0. The molecule has 3 saturated heterocycles. The Hall–Kier alpha value is -0.120. The maximum absolute atomic E-state index is 6.10. The lowest BCUT2D eigenvalue weighted by Crippen LogP contribution is -2.59. The molecule has 4 fully saturated rings. The second-order valence-corrected chi connectivity index (χ2v) is 9.39. The Bertz CT molecular complexity index is 519. The quantitative estimate of drug-likeness (QED) is 0.333. The van der Waals surface area contributed by atoms with E-state index in [1.54, 1.807) is 0 Å². The zero-order chi connectivity index (χ0) is 19.2. The molecule has 1 saturated carbocycles. The van der Waals surface area contributed by atoms with Crippen molar-refractivity contribution in [3.63, 3.8) is 0 Å². The number of hydrogen-bond acceptors (Lipinski definition) is 4. The van der Waals surface area contributed by atoms with Crippen LogP contribution in [0.4, 0.5) is 0 Å². The summed E-state index contributed by atoms with van der Waals surface area (Å²) in [6.45, 7) is 7.63. The summed E-state index contributed by atoms with van der Waals surface area (Å²) in [6.07, 6.45) is 13.9. The summed E-state index contributed by atoms with van der Waals surface area (Å²) in [5.74, 6) is 0.939. The van der Waals surface area contributed by atoms with Crippen LogP contribution in [0.15, 0.2) is 4.99 Å². The van der Waals surface area contributed by atoms with Crippen LogP contribution < -0.4 is 10.6 Å². The molecular formula is C22H42IN5O. The molecule has 2 N–H and O–H groups in total. The summed E-state index contributed by atoms with van der Waals surface area (Å²) in [5.41, 5.74) is 0.334. The number of fused-ring (bicyclic) bond motifs is 1. The molecule has 2 atom stereocenters. The van der Waals surface area contributed by atoms with Gasteiger partial charge in [-0.1, -0.05) is 25.7 Å². The first kappa shape index (κ1) is 23.5. The highest BCUT2D eigenvalue weighted by atomic mass is 127. The number of nitrogens with zero attached hydrogens (tertiary/aromatic N) is 3. The molecule has 4 rings (SSSR count). The Morgan fingerprint density at radius 3 is 2.52 bits per heavy atom. The summed E-state index contributed by atoms with van der Waals surface area (Å²) < 4.78 is 6.10. The van der Waals surface area contributed by atoms with E-state index in [1.165, 1.54) is 83.8 Å². The molecule has 6 nitrogen and oxygen atoms in total. The van der Waals surface area contributed by atoms with Crippen molar-refractivity contribution in [2.45, 2.75) is 81.9 Å². The van der Waals surface area contributed by atoms with Crippen LogP contribution in [0, 0.1) is 0 Å². The lowest BCUT2D eigenvalue weighted by Gasteiger charge is -2.48.